The number of ether oxygens (including phenoxy) is 1. The predicted octanol–water partition coefficient (Wildman–Crippen LogP) is 3.42. The highest BCUT2D eigenvalue weighted by Gasteiger charge is 2.30. The molecular formula is C27H32N6O2. The fourth-order valence-electron chi connectivity index (χ4n) is 4.92. The molecule has 0 aliphatic carbocycles. The Morgan fingerprint density at radius 2 is 2.00 bits per heavy atom. The van der Waals surface area contributed by atoms with Crippen LogP contribution in [-0.4, -0.2) is 65.5 Å². The zero-order valence-corrected chi connectivity index (χ0v) is 20.3. The highest BCUT2D eigenvalue weighted by atomic mass is 16.5. The van der Waals surface area contributed by atoms with Crippen LogP contribution in [0.15, 0.2) is 54.7 Å². The van der Waals surface area contributed by atoms with Gasteiger partial charge in [-0.25, -0.2) is 9.97 Å². The molecule has 3 heterocycles. The number of carbonyl (C=O) groups is 1. The number of rotatable bonds is 1. The van der Waals surface area contributed by atoms with Gasteiger partial charge in [0.25, 0.3) is 0 Å². The predicted molar refractivity (Wildman–Crippen MR) is 137 cm³/mol. The molecule has 1 saturated heterocycles. The van der Waals surface area contributed by atoms with E-state index in [-0.39, 0.29) is 11.9 Å². The molecule has 1 atom stereocenters. The molecule has 0 unspecified atom stereocenters. The fraction of sp³-hybridized carbons (Fsp3) is 0.370. The van der Waals surface area contributed by atoms with Crippen molar-refractivity contribution in [1.29, 1.82) is 0 Å². The van der Waals surface area contributed by atoms with Crippen LogP contribution in [-0.2, 0) is 17.9 Å². The highest BCUT2D eigenvalue weighted by Crippen LogP contribution is 2.28. The van der Waals surface area contributed by atoms with Gasteiger partial charge in [0.05, 0.1) is 18.8 Å². The Bertz CT molecular complexity index is 1200. The summed E-state index contributed by atoms with van der Waals surface area (Å²) in [6.07, 6.45) is 3.70. The van der Waals surface area contributed by atoms with Crippen molar-refractivity contribution >= 4 is 17.5 Å². The number of benzene rings is 2. The highest BCUT2D eigenvalue weighted by molar-refractivity contribution is 5.82. The van der Waals surface area contributed by atoms with Gasteiger partial charge in [0, 0.05) is 49.2 Å². The van der Waals surface area contributed by atoms with E-state index in [2.05, 4.69) is 50.7 Å². The summed E-state index contributed by atoms with van der Waals surface area (Å²) in [7, 11) is 3.75. The van der Waals surface area contributed by atoms with E-state index in [4.69, 9.17) is 9.72 Å². The third kappa shape index (κ3) is 5.44. The second kappa shape index (κ2) is 10.4. The summed E-state index contributed by atoms with van der Waals surface area (Å²) in [5.41, 5.74) is 4.99. The summed E-state index contributed by atoms with van der Waals surface area (Å²) < 4.78 is 5.62. The number of fused-ring (bicyclic) bond motifs is 8. The van der Waals surface area contributed by atoms with Gasteiger partial charge >= 0.3 is 0 Å². The van der Waals surface area contributed by atoms with Gasteiger partial charge < -0.3 is 20.3 Å². The van der Waals surface area contributed by atoms with E-state index in [1.54, 1.807) is 13.3 Å². The van der Waals surface area contributed by atoms with Crippen molar-refractivity contribution in [1.82, 2.24) is 25.1 Å². The lowest BCUT2D eigenvalue weighted by Crippen LogP contribution is -2.44. The molecule has 0 saturated carbocycles. The quantitative estimate of drug-likeness (QED) is 0.562. The van der Waals surface area contributed by atoms with Crippen molar-refractivity contribution in [2.24, 2.45) is 0 Å². The minimum Gasteiger partial charge on any atom is -0.496 e. The Balaban J connectivity index is 1.49. The number of hydrogen-bond donors (Lipinski definition) is 2. The monoisotopic (exact) mass is 472 g/mol. The smallest absolute Gasteiger partial charge is 0.237 e. The van der Waals surface area contributed by atoms with Crippen LogP contribution in [0.1, 0.15) is 24.0 Å². The molecule has 0 radical (unpaired) electrons. The zero-order chi connectivity index (χ0) is 24.2. The summed E-state index contributed by atoms with van der Waals surface area (Å²) in [4.78, 5) is 26.7. The molecule has 0 spiro atoms. The number of methoxy groups -OCH3 is 1. The van der Waals surface area contributed by atoms with Crippen LogP contribution in [0.4, 0.5) is 11.6 Å². The third-order valence-electron chi connectivity index (χ3n) is 6.70. The molecule has 3 aromatic rings. The fourth-order valence-corrected chi connectivity index (χ4v) is 4.92. The van der Waals surface area contributed by atoms with Crippen LogP contribution < -0.4 is 15.4 Å². The molecule has 2 aromatic carbocycles. The van der Waals surface area contributed by atoms with E-state index in [0.29, 0.717) is 19.0 Å². The standard InChI is InChI=1S/C27H32N6O2/c1-32-14-12-28-26(34)24-7-4-13-33(24)17-19-5-3-6-22(15-19)30-27-29-11-10-23(31-27)20-8-9-25(35-2)21(16-20)18-32/h3,5-6,8-11,15-16,24H,4,7,12-14,17-18H2,1-2H3,(H,28,34)(H,29,30,31)/t24-/m0/s1. The third-order valence-corrected chi connectivity index (χ3v) is 6.70. The molecule has 182 valence electrons. The number of amides is 1. The minimum atomic E-state index is -0.0872. The number of nitrogens with zero attached hydrogens (tertiary/aromatic N) is 4. The molecule has 1 fully saturated rings. The molecule has 5 rings (SSSR count). The molecule has 6 bridgehead atoms. The van der Waals surface area contributed by atoms with Crippen molar-refractivity contribution in [3.8, 4) is 17.0 Å². The Morgan fingerprint density at radius 1 is 1.09 bits per heavy atom. The van der Waals surface area contributed by atoms with E-state index < -0.39 is 0 Å². The Hall–Kier alpha value is -3.49. The first-order valence-corrected chi connectivity index (χ1v) is 12.2. The van der Waals surface area contributed by atoms with Crippen LogP contribution in [0.3, 0.4) is 0 Å². The largest absolute Gasteiger partial charge is 0.496 e. The number of nitrogens with one attached hydrogen (secondary N) is 2. The molecule has 8 nitrogen and oxygen atoms in total. The van der Waals surface area contributed by atoms with Crippen LogP contribution in [0.25, 0.3) is 11.3 Å². The van der Waals surface area contributed by atoms with Crippen molar-refractivity contribution in [2.45, 2.75) is 32.0 Å². The van der Waals surface area contributed by atoms with Crippen LogP contribution in [0, 0.1) is 0 Å². The maximum absolute atomic E-state index is 13.0. The molecule has 8 heteroatoms. The number of anilines is 2. The molecule has 1 aromatic heterocycles. The average Bonchev–Trinajstić information content (AvgIpc) is 3.32. The van der Waals surface area contributed by atoms with Gasteiger partial charge in [-0.05, 0) is 68.4 Å². The first kappa shape index (κ1) is 23.3. The average molecular weight is 473 g/mol. The van der Waals surface area contributed by atoms with Crippen molar-refractivity contribution in [2.75, 3.05) is 39.1 Å². The normalized spacial score (nSPS) is 19.5. The molecule has 2 aliphatic heterocycles. The topological polar surface area (TPSA) is 82.6 Å². The maximum Gasteiger partial charge on any atom is 0.237 e. The van der Waals surface area contributed by atoms with Crippen LogP contribution in [0.2, 0.25) is 0 Å². The van der Waals surface area contributed by atoms with Gasteiger partial charge in [0.1, 0.15) is 5.75 Å². The Kier molecular flexibility index (Phi) is 6.92. The first-order valence-electron chi connectivity index (χ1n) is 12.2. The van der Waals surface area contributed by atoms with Crippen molar-refractivity contribution in [3.05, 3.63) is 65.9 Å². The number of hydrogen-bond acceptors (Lipinski definition) is 7. The number of carbonyl (C=O) groups excluding carboxylic acids is 1. The molecule has 2 aliphatic rings. The summed E-state index contributed by atoms with van der Waals surface area (Å²) in [5.74, 6) is 1.50. The lowest BCUT2D eigenvalue weighted by molar-refractivity contribution is -0.125. The summed E-state index contributed by atoms with van der Waals surface area (Å²) in [6, 6.07) is 16.2. The van der Waals surface area contributed by atoms with Gasteiger partial charge in [-0.15, -0.1) is 0 Å². The van der Waals surface area contributed by atoms with E-state index in [0.717, 1.165) is 66.3 Å². The van der Waals surface area contributed by atoms with Gasteiger partial charge in [0.15, 0.2) is 0 Å². The van der Waals surface area contributed by atoms with E-state index in [1.807, 2.05) is 30.3 Å². The summed E-state index contributed by atoms with van der Waals surface area (Å²) in [5, 5.41) is 6.51. The molecule has 1 amide bonds. The van der Waals surface area contributed by atoms with Gasteiger partial charge in [-0.2, -0.15) is 0 Å². The second-order valence-electron chi connectivity index (χ2n) is 9.27. The lowest BCUT2D eigenvalue weighted by atomic mass is 10.1. The van der Waals surface area contributed by atoms with Crippen LogP contribution >= 0.6 is 0 Å². The summed E-state index contributed by atoms with van der Waals surface area (Å²) in [6.45, 7) is 3.71. The Morgan fingerprint density at radius 3 is 2.89 bits per heavy atom. The Labute approximate surface area is 206 Å². The van der Waals surface area contributed by atoms with Gasteiger partial charge in [-0.1, -0.05) is 12.1 Å². The second-order valence-corrected chi connectivity index (χ2v) is 9.27. The van der Waals surface area contributed by atoms with Crippen LogP contribution in [0.5, 0.6) is 5.75 Å². The summed E-state index contributed by atoms with van der Waals surface area (Å²) >= 11 is 0. The lowest BCUT2D eigenvalue weighted by Gasteiger charge is -2.25. The number of likely N-dealkylation sites (N-methyl/N-ethyl adjacent to an activating group) is 1. The van der Waals surface area contributed by atoms with Gasteiger partial charge in [0.2, 0.25) is 11.9 Å². The minimum absolute atomic E-state index is 0.0872. The van der Waals surface area contributed by atoms with E-state index in [9.17, 15) is 4.79 Å². The number of aromatic nitrogens is 2. The van der Waals surface area contributed by atoms with Gasteiger partial charge in [-0.3, -0.25) is 9.69 Å². The van der Waals surface area contributed by atoms with Crippen molar-refractivity contribution in [3.63, 3.8) is 0 Å². The molecule has 2 N–H and O–H groups in total. The molecular weight excluding hydrogens is 440 g/mol. The molecule has 35 heavy (non-hydrogen) atoms. The zero-order valence-electron chi connectivity index (χ0n) is 20.3. The van der Waals surface area contributed by atoms with E-state index in [1.165, 1.54) is 0 Å². The first-order chi connectivity index (χ1) is 17.1. The van der Waals surface area contributed by atoms with E-state index >= 15 is 0 Å². The SMILES string of the molecule is COc1ccc2cc1CN(C)CCNC(=O)[C@@H]1CCCN1Cc1cccc(c1)Nc1nccc-2n1. The van der Waals surface area contributed by atoms with Crippen molar-refractivity contribution < 1.29 is 9.53 Å². The maximum atomic E-state index is 13.0.